The summed E-state index contributed by atoms with van der Waals surface area (Å²) in [7, 11) is 0. The van der Waals surface area contributed by atoms with Crippen LogP contribution >= 0.6 is 0 Å². The van der Waals surface area contributed by atoms with E-state index in [0.29, 0.717) is 11.3 Å². The summed E-state index contributed by atoms with van der Waals surface area (Å²) < 4.78 is 28.5. The fraction of sp³-hybridized carbons (Fsp3) is 0.200. The molecule has 0 bridgehead atoms. The summed E-state index contributed by atoms with van der Waals surface area (Å²) in [6, 6.07) is 9.12. The van der Waals surface area contributed by atoms with E-state index in [1.165, 1.54) is 6.07 Å². The van der Waals surface area contributed by atoms with Gasteiger partial charge in [0.2, 0.25) is 0 Å². The molecule has 6 heteroatoms. The largest absolute Gasteiger partial charge is 0.388 e. The van der Waals surface area contributed by atoms with E-state index < -0.39 is 17.7 Å². The number of hydrogen-bond acceptors (Lipinski definition) is 4. The van der Waals surface area contributed by atoms with Gasteiger partial charge in [0.05, 0.1) is 23.0 Å². The molecule has 1 aliphatic heterocycles. The molecule has 1 atom stereocenters. The number of fused-ring (bicyclic) bond motifs is 1. The number of hydrogen-bond donors (Lipinski definition) is 1. The maximum atomic E-state index is 14.8. The lowest BCUT2D eigenvalue weighted by Crippen LogP contribution is -2.29. The molecular weight excluding hydrogens is 336 g/mol. The van der Waals surface area contributed by atoms with E-state index in [1.54, 1.807) is 17.9 Å². The van der Waals surface area contributed by atoms with Gasteiger partial charge in [0.15, 0.2) is 5.82 Å². The Morgan fingerprint density at radius 2 is 2.00 bits per heavy atom. The first-order valence-corrected chi connectivity index (χ1v) is 7.96. The summed E-state index contributed by atoms with van der Waals surface area (Å²) in [5, 5.41) is 29.1. The van der Waals surface area contributed by atoms with Crippen molar-refractivity contribution < 1.29 is 13.9 Å². The number of aliphatic hydroxyl groups is 1. The summed E-state index contributed by atoms with van der Waals surface area (Å²) >= 11 is 0. The molecule has 0 fully saturated rings. The van der Waals surface area contributed by atoms with Crippen LogP contribution in [-0.4, -0.2) is 11.7 Å². The molecule has 26 heavy (non-hydrogen) atoms. The Labute approximate surface area is 149 Å². The predicted octanol–water partition coefficient (Wildman–Crippen LogP) is 4.32. The average molecular weight is 351 g/mol. The van der Waals surface area contributed by atoms with Crippen molar-refractivity contribution in [2.75, 3.05) is 11.4 Å². The summed E-state index contributed by atoms with van der Waals surface area (Å²) in [4.78, 5) is 1.59. The molecule has 1 aliphatic rings. The number of allylic oxidation sites excluding steroid dienone is 1. The monoisotopic (exact) mass is 351 g/mol. The number of nitriles is 2. The van der Waals surface area contributed by atoms with Crippen molar-refractivity contribution in [2.45, 2.75) is 19.4 Å². The molecule has 0 amide bonds. The normalized spacial score (nSPS) is 15.8. The second kappa shape index (κ2) is 6.59. The van der Waals surface area contributed by atoms with Crippen LogP contribution in [0, 0.1) is 34.3 Å². The van der Waals surface area contributed by atoms with E-state index in [9.17, 15) is 24.4 Å². The summed E-state index contributed by atoms with van der Waals surface area (Å²) in [6.07, 6.45) is -0.676. The maximum Gasteiger partial charge on any atom is 0.150 e. The van der Waals surface area contributed by atoms with E-state index in [-0.39, 0.29) is 40.9 Å². The third-order valence-corrected chi connectivity index (χ3v) is 4.46. The SMILES string of the molecule is C=C(C)c1ccc(N2CCC(O)c3cc(F)cc(C#N)c32)c(C#N)c1F. The number of anilines is 2. The van der Waals surface area contributed by atoms with Gasteiger partial charge in [0, 0.05) is 17.7 Å². The molecule has 1 N–H and O–H groups in total. The minimum atomic E-state index is -0.936. The van der Waals surface area contributed by atoms with Crippen molar-refractivity contribution in [2.24, 2.45) is 0 Å². The topological polar surface area (TPSA) is 71.0 Å². The van der Waals surface area contributed by atoms with Crippen molar-refractivity contribution in [3.63, 3.8) is 0 Å². The van der Waals surface area contributed by atoms with Crippen LogP contribution < -0.4 is 4.90 Å². The fourth-order valence-corrected chi connectivity index (χ4v) is 3.25. The van der Waals surface area contributed by atoms with Crippen LogP contribution in [0.5, 0.6) is 0 Å². The molecule has 2 aromatic carbocycles. The van der Waals surface area contributed by atoms with Gasteiger partial charge in [-0.25, -0.2) is 8.78 Å². The number of aliphatic hydroxyl groups excluding tert-OH is 1. The van der Waals surface area contributed by atoms with Gasteiger partial charge in [0.25, 0.3) is 0 Å². The third-order valence-electron chi connectivity index (χ3n) is 4.46. The fourth-order valence-electron chi connectivity index (χ4n) is 3.25. The first kappa shape index (κ1) is 17.6. The van der Waals surface area contributed by atoms with E-state index in [0.717, 1.165) is 12.1 Å². The maximum absolute atomic E-state index is 14.8. The lowest BCUT2D eigenvalue weighted by atomic mass is 9.93. The molecule has 2 aromatic rings. The first-order valence-electron chi connectivity index (χ1n) is 7.96. The lowest BCUT2D eigenvalue weighted by molar-refractivity contribution is 0.165. The highest BCUT2D eigenvalue weighted by Gasteiger charge is 2.30. The highest BCUT2D eigenvalue weighted by molar-refractivity contribution is 5.79. The number of rotatable bonds is 2. The molecule has 0 saturated heterocycles. The van der Waals surface area contributed by atoms with Crippen LogP contribution in [0.3, 0.4) is 0 Å². The lowest BCUT2D eigenvalue weighted by Gasteiger charge is -2.35. The zero-order valence-electron chi connectivity index (χ0n) is 14.1. The van der Waals surface area contributed by atoms with Crippen molar-refractivity contribution in [1.29, 1.82) is 10.5 Å². The van der Waals surface area contributed by atoms with Crippen molar-refractivity contribution >= 4 is 16.9 Å². The zero-order chi connectivity index (χ0) is 19.0. The Bertz CT molecular complexity index is 1000. The Morgan fingerprint density at radius 1 is 1.27 bits per heavy atom. The second-order valence-corrected chi connectivity index (χ2v) is 6.17. The van der Waals surface area contributed by atoms with Gasteiger partial charge in [-0.05, 0) is 43.2 Å². The van der Waals surface area contributed by atoms with E-state index >= 15 is 0 Å². The first-order chi connectivity index (χ1) is 12.4. The molecule has 0 aromatic heterocycles. The minimum absolute atomic E-state index is 0.0204. The molecule has 0 spiro atoms. The van der Waals surface area contributed by atoms with Crippen LogP contribution in [-0.2, 0) is 0 Å². The molecule has 0 radical (unpaired) electrons. The molecule has 3 rings (SSSR count). The van der Waals surface area contributed by atoms with Crippen LogP contribution in [0.1, 0.15) is 41.7 Å². The molecule has 4 nitrogen and oxygen atoms in total. The average Bonchev–Trinajstić information content (AvgIpc) is 2.61. The van der Waals surface area contributed by atoms with Gasteiger partial charge >= 0.3 is 0 Å². The predicted molar refractivity (Wildman–Crippen MR) is 93.5 cm³/mol. The highest BCUT2D eigenvalue weighted by atomic mass is 19.1. The number of benzene rings is 2. The Morgan fingerprint density at radius 3 is 2.62 bits per heavy atom. The van der Waals surface area contributed by atoms with Crippen LogP contribution in [0.2, 0.25) is 0 Å². The van der Waals surface area contributed by atoms with Crippen molar-refractivity contribution in [3.8, 4) is 12.1 Å². The quantitative estimate of drug-likeness (QED) is 0.875. The summed E-state index contributed by atoms with van der Waals surface area (Å²) in [5.74, 6) is -1.32. The standard InChI is InChI=1S/C20H15F2N3O/c1-11(2)14-3-4-17(16(10-24)19(14)22)25-6-5-18(26)15-8-13(21)7-12(9-23)20(15)25/h3-4,7-8,18,26H,1,5-6H2,2H3. The molecule has 1 unspecified atom stereocenters. The van der Waals surface area contributed by atoms with E-state index in [4.69, 9.17) is 0 Å². The van der Waals surface area contributed by atoms with Crippen LogP contribution in [0.4, 0.5) is 20.2 Å². The van der Waals surface area contributed by atoms with Gasteiger partial charge in [-0.3, -0.25) is 0 Å². The van der Waals surface area contributed by atoms with Gasteiger partial charge in [-0.15, -0.1) is 0 Å². The van der Waals surface area contributed by atoms with Gasteiger partial charge in [0.1, 0.15) is 23.5 Å². The number of nitrogens with zero attached hydrogens (tertiary/aromatic N) is 3. The van der Waals surface area contributed by atoms with Gasteiger partial charge in [-0.2, -0.15) is 10.5 Å². The van der Waals surface area contributed by atoms with Crippen molar-refractivity contribution in [1.82, 2.24) is 0 Å². The third kappa shape index (κ3) is 2.71. The second-order valence-electron chi connectivity index (χ2n) is 6.17. The molecule has 0 saturated carbocycles. The molecular formula is C20H15F2N3O. The van der Waals surface area contributed by atoms with Crippen molar-refractivity contribution in [3.05, 3.63) is 64.7 Å². The van der Waals surface area contributed by atoms with E-state index in [2.05, 4.69) is 6.58 Å². The molecule has 1 heterocycles. The van der Waals surface area contributed by atoms with Gasteiger partial charge in [-0.1, -0.05) is 6.58 Å². The highest BCUT2D eigenvalue weighted by Crippen LogP contribution is 2.42. The minimum Gasteiger partial charge on any atom is -0.388 e. The molecule has 0 aliphatic carbocycles. The number of halogens is 2. The molecule has 130 valence electrons. The van der Waals surface area contributed by atoms with Gasteiger partial charge < -0.3 is 10.0 Å². The summed E-state index contributed by atoms with van der Waals surface area (Å²) in [6.45, 7) is 5.61. The van der Waals surface area contributed by atoms with Crippen LogP contribution in [0.25, 0.3) is 5.57 Å². The zero-order valence-corrected chi connectivity index (χ0v) is 14.1. The van der Waals surface area contributed by atoms with E-state index in [1.807, 2.05) is 12.1 Å². The Hall–Kier alpha value is -3.22. The Balaban J connectivity index is 2.27. The van der Waals surface area contributed by atoms with Crippen LogP contribution in [0.15, 0.2) is 30.8 Å². The summed E-state index contributed by atoms with van der Waals surface area (Å²) in [5.41, 5.74) is 1.38. The smallest absolute Gasteiger partial charge is 0.150 e. The Kier molecular flexibility index (Phi) is 4.46.